The Kier molecular flexibility index (Phi) is 2.92. The maximum Gasteiger partial charge on any atom is 0.407 e. The molecule has 20 heavy (non-hydrogen) atoms. The van der Waals surface area contributed by atoms with Crippen molar-refractivity contribution in [3.63, 3.8) is 0 Å². The highest BCUT2D eigenvalue weighted by atomic mass is 16.5. The second-order valence-corrected chi connectivity index (χ2v) is 5.60. The van der Waals surface area contributed by atoms with Crippen LogP contribution in [-0.4, -0.2) is 40.6 Å². The van der Waals surface area contributed by atoms with Gasteiger partial charge in [0.05, 0.1) is 12.0 Å². The fraction of sp³-hybridized carbons (Fsp3) is 0.467. The number of hydrogen-bond donors (Lipinski definition) is 1. The zero-order chi connectivity index (χ0) is 14.3. The van der Waals surface area contributed by atoms with Gasteiger partial charge in [-0.3, -0.25) is 4.79 Å². The highest BCUT2D eigenvalue weighted by Crippen LogP contribution is 2.40. The van der Waals surface area contributed by atoms with E-state index in [0.29, 0.717) is 43.7 Å². The van der Waals surface area contributed by atoms with Crippen LogP contribution >= 0.6 is 0 Å². The van der Waals surface area contributed by atoms with Crippen molar-refractivity contribution in [1.82, 2.24) is 4.90 Å². The Morgan fingerprint density at radius 2 is 2.05 bits per heavy atom. The van der Waals surface area contributed by atoms with Crippen molar-refractivity contribution in [2.24, 2.45) is 0 Å². The predicted molar refractivity (Wildman–Crippen MR) is 72.3 cm³/mol. The van der Waals surface area contributed by atoms with Crippen molar-refractivity contribution < 1.29 is 19.4 Å². The first-order valence-electron chi connectivity index (χ1n) is 6.80. The van der Waals surface area contributed by atoms with Crippen molar-refractivity contribution in [2.45, 2.75) is 31.8 Å². The van der Waals surface area contributed by atoms with Crippen LogP contribution in [0.1, 0.15) is 35.2 Å². The summed E-state index contributed by atoms with van der Waals surface area (Å²) in [4.78, 5) is 24.7. The number of carbonyl (C=O) groups excluding carboxylic acids is 1. The number of carboxylic acid groups (broad SMARTS) is 1. The third-order valence-corrected chi connectivity index (χ3v) is 4.27. The van der Waals surface area contributed by atoms with Gasteiger partial charge in [0.25, 0.3) is 0 Å². The second-order valence-electron chi connectivity index (χ2n) is 5.60. The third-order valence-electron chi connectivity index (χ3n) is 4.27. The molecular formula is C15H17NO4. The highest BCUT2D eigenvalue weighted by Gasteiger charge is 2.43. The number of aryl methyl sites for hydroxylation is 1. The lowest BCUT2D eigenvalue weighted by Gasteiger charge is -2.43. The number of ether oxygens (including phenoxy) is 1. The average Bonchev–Trinajstić information content (AvgIpc) is 2.38. The van der Waals surface area contributed by atoms with Crippen molar-refractivity contribution >= 4 is 11.9 Å². The molecule has 0 atom stereocenters. The first-order valence-corrected chi connectivity index (χ1v) is 6.80. The molecule has 2 aliphatic heterocycles. The van der Waals surface area contributed by atoms with Gasteiger partial charge in [-0.05, 0) is 18.6 Å². The highest BCUT2D eigenvalue weighted by molar-refractivity contribution is 6.01. The largest absolute Gasteiger partial charge is 0.486 e. The van der Waals surface area contributed by atoms with Crippen LogP contribution in [0.4, 0.5) is 4.79 Å². The van der Waals surface area contributed by atoms with Crippen molar-refractivity contribution in [1.29, 1.82) is 0 Å². The first-order chi connectivity index (χ1) is 9.51. The van der Waals surface area contributed by atoms with Crippen LogP contribution in [0.3, 0.4) is 0 Å². The van der Waals surface area contributed by atoms with E-state index in [1.165, 1.54) is 4.90 Å². The van der Waals surface area contributed by atoms with Crippen LogP contribution < -0.4 is 4.74 Å². The van der Waals surface area contributed by atoms with E-state index in [-0.39, 0.29) is 5.78 Å². The maximum atomic E-state index is 12.4. The molecule has 1 amide bonds. The Balaban J connectivity index is 1.86. The molecule has 1 aromatic rings. The molecule has 1 spiro atoms. The summed E-state index contributed by atoms with van der Waals surface area (Å²) in [7, 11) is 0. The summed E-state index contributed by atoms with van der Waals surface area (Å²) in [6.07, 6.45) is 0.577. The molecule has 1 aromatic carbocycles. The molecule has 5 heteroatoms. The number of fused-ring (bicyclic) bond motifs is 1. The summed E-state index contributed by atoms with van der Waals surface area (Å²) in [6, 6.07) is 5.61. The van der Waals surface area contributed by atoms with E-state index in [2.05, 4.69) is 0 Å². The zero-order valence-corrected chi connectivity index (χ0v) is 11.4. The van der Waals surface area contributed by atoms with Gasteiger partial charge in [-0.1, -0.05) is 12.1 Å². The number of carbonyl (C=O) groups is 2. The van der Waals surface area contributed by atoms with Gasteiger partial charge in [0.2, 0.25) is 0 Å². The van der Waals surface area contributed by atoms with Gasteiger partial charge in [0.15, 0.2) is 5.78 Å². The number of ketones is 1. The summed E-state index contributed by atoms with van der Waals surface area (Å²) in [5.74, 6) is 0.748. The van der Waals surface area contributed by atoms with Gasteiger partial charge in [-0.25, -0.2) is 4.79 Å². The number of likely N-dealkylation sites (tertiary alicyclic amines) is 1. The number of amides is 1. The lowest BCUT2D eigenvalue weighted by atomic mass is 9.81. The molecule has 0 bridgehead atoms. The fourth-order valence-corrected chi connectivity index (χ4v) is 3.12. The number of benzene rings is 1. The van der Waals surface area contributed by atoms with E-state index in [4.69, 9.17) is 9.84 Å². The molecular weight excluding hydrogens is 258 g/mol. The van der Waals surface area contributed by atoms with E-state index in [0.717, 1.165) is 5.56 Å². The minimum Gasteiger partial charge on any atom is -0.486 e. The first kappa shape index (κ1) is 13.0. The summed E-state index contributed by atoms with van der Waals surface area (Å²) in [5, 5.41) is 8.99. The van der Waals surface area contributed by atoms with E-state index in [9.17, 15) is 9.59 Å². The molecule has 0 radical (unpaired) electrons. The van der Waals surface area contributed by atoms with Crippen LogP contribution in [0.15, 0.2) is 18.2 Å². The van der Waals surface area contributed by atoms with Crippen LogP contribution in [0, 0.1) is 6.92 Å². The quantitative estimate of drug-likeness (QED) is 0.790. The lowest BCUT2D eigenvalue weighted by molar-refractivity contribution is -0.00527. The van der Waals surface area contributed by atoms with Gasteiger partial charge >= 0.3 is 6.09 Å². The SMILES string of the molecule is Cc1cccc2c1C(=O)CC1(CCN(C(=O)O)CC1)O2. The molecule has 1 saturated heterocycles. The smallest absolute Gasteiger partial charge is 0.407 e. The standard InChI is InChI=1S/C15H17NO4/c1-10-3-2-4-12-13(10)11(17)9-15(20-12)5-7-16(8-6-15)14(18)19/h2-4H,5-9H2,1H3,(H,18,19). The van der Waals surface area contributed by atoms with E-state index < -0.39 is 11.7 Å². The summed E-state index contributed by atoms with van der Waals surface area (Å²) >= 11 is 0. The zero-order valence-electron chi connectivity index (χ0n) is 11.4. The normalized spacial score (nSPS) is 20.4. The number of Topliss-reactive ketones (excluding diaryl/α,β-unsaturated/α-hetero) is 1. The molecule has 2 heterocycles. The van der Waals surface area contributed by atoms with Gasteiger partial charge in [0, 0.05) is 25.9 Å². The number of hydrogen-bond acceptors (Lipinski definition) is 3. The molecule has 0 saturated carbocycles. The number of rotatable bonds is 0. The molecule has 2 aliphatic rings. The van der Waals surface area contributed by atoms with Crippen LogP contribution in [0.25, 0.3) is 0 Å². The fourth-order valence-electron chi connectivity index (χ4n) is 3.12. The van der Waals surface area contributed by atoms with Crippen LogP contribution in [-0.2, 0) is 0 Å². The topological polar surface area (TPSA) is 66.8 Å². The van der Waals surface area contributed by atoms with Gasteiger partial charge in [-0.2, -0.15) is 0 Å². The van der Waals surface area contributed by atoms with Gasteiger partial charge < -0.3 is 14.7 Å². The number of nitrogens with zero attached hydrogens (tertiary/aromatic N) is 1. The van der Waals surface area contributed by atoms with Crippen molar-refractivity contribution in [3.05, 3.63) is 29.3 Å². The van der Waals surface area contributed by atoms with Gasteiger partial charge in [-0.15, -0.1) is 0 Å². The minimum absolute atomic E-state index is 0.105. The van der Waals surface area contributed by atoms with Gasteiger partial charge in [0.1, 0.15) is 11.4 Å². The molecule has 0 aromatic heterocycles. The monoisotopic (exact) mass is 275 g/mol. The van der Waals surface area contributed by atoms with Crippen molar-refractivity contribution in [3.8, 4) is 5.75 Å². The lowest BCUT2D eigenvalue weighted by Crippen LogP contribution is -2.52. The van der Waals surface area contributed by atoms with Crippen LogP contribution in [0.5, 0.6) is 5.75 Å². The Hall–Kier alpha value is -2.04. The van der Waals surface area contributed by atoms with E-state index in [1.807, 2.05) is 25.1 Å². The molecule has 106 valence electrons. The average molecular weight is 275 g/mol. The molecule has 1 N–H and O–H groups in total. The maximum absolute atomic E-state index is 12.4. The Morgan fingerprint density at radius 3 is 2.70 bits per heavy atom. The number of piperidine rings is 1. The minimum atomic E-state index is -0.904. The van der Waals surface area contributed by atoms with Crippen molar-refractivity contribution in [2.75, 3.05) is 13.1 Å². The Morgan fingerprint density at radius 1 is 1.35 bits per heavy atom. The van der Waals surface area contributed by atoms with E-state index >= 15 is 0 Å². The Labute approximate surface area is 117 Å². The van der Waals surface area contributed by atoms with E-state index in [1.54, 1.807) is 0 Å². The second kappa shape index (κ2) is 4.51. The molecule has 5 nitrogen and oxygen atoms in total. The predicted octanol–water partition coefficient (Wildman–Crippen LogP) is 2.47. The molecule has 3 rings (SSSR count). The third kappa shape index (κ3) is 2.03. The van der Waals surface area contributed by atoms with Crippen LogP contribution in [0.2, 0.25) is 0 Å². The summed E-state index contributed by atoms with van der Waals surface area (Å²) in [5.41, 5.74) is 1.09. The summed E-state index contributed by atoms with van der Waals surface area (Å²) in [6.45, 7) is 2.75. The summed E-state index contributed by atoms with van der Waals surface area (Å²) < 4.78 is 6.10. The Bertz CT molecular complexity index is 573. The molecule has 0 aliphatic carbocycles. The molecule has 1 fully saturated rings. The molecule has 0 unspecified atom stereocenters.